The first-order valence-corrected chi connectivity index (χ1v) is 6.36. The lowest BCUT2D eigenvalue weighted by atomic mass is 9.93. The Balaban J connectivity index is 1.74. The van der Waals surface area contributed by atoms with Gasteiger partial charge in [0.25, 0.3) is 0 Å². The number of hydrogen-bond acceptors (Lipinski definition) is 3. The van der Waals surface area contributed by atoms with Gasteiger partial charge < -0.3 is 15.2 Å². The largest absolute Gasteiger partial charge is 0.478 e. The summed E-state index contributed by atoms with van der Waals surface area (Å²) in [5.74, 6) is -0.559. The van der Waals surface area contributed by atoms with Crippen LogP contribution in [0.2, 0.25) is 0 Å². The molecule has 1 amide bonds. The zero-order valence-corrected chi connectivity index (χ0v) is 10.4. The van der Waals surface area contributed by atoms with Crippen molar-refractivity contribution in [3.8, 4) is 0 Å². The predicted molar refractivity (Wildman–Crippen MR) is 67.2 cm³/mol. The van der Waals surface area contributed by atoms with Crippen LogP contribution in [0.5, 0.6) is 0 Å². The van der Waals surface area contributed by atoms with Gasteiger partial charge in [-0.15, -0.1) is 0 Å². The van der Waals surface area contributed by atoms with Crippen molar-refractivity contribution in [3.05, 3.63) is 35.4 Å². The van der Waals surface area contributed by atoms with Crippen LogP contribution in [0.15, 0.2) is 24.3 Å². The van der Waals surface area contributed by atoms with Crippen LogP contribution in [0.4, 0.5) is 4.79 Å². The van der Waals surface area contributed by atoms with Crippen LogP contribution in [-0.4, -0.2) is 29.3 Å². The summed E-state index contributed by atoms with van der Waals surface area (Å²) in [6.45, 7) is 0.440. The predicted octanol–water partition coefficient (Wildman–Crippen LogP) is 2.13. The van der Waals surface area contributed by atoms with Gasteiger partial charge in [-0.25, -0.2) is 9.59 Å². The van der Waals surface area contributed by atoms with E-state index in [2.05, 4.69) is 5.32 Å². The number of aromatic carboxylic acids is 1. The van der Waals surface area contributed by atoms with Crippen molar-refractivity contribution in [2.75, 3.05) is 6.61 Å². The molecule has 0 radical (unpaired) electrons. The molecule has 0 unspecified atom stereocenters. The number of ether oxygens (including phenoxy) is 1. The number of benzene rings is 1. The Hall–Kier alpha value is -2.04. The molecule has 1 spiro atoms. The van der Waals surface area contributed by atoms with E-state index in [1.165, 1.54) is 0 Å². The van der Waals surface area contributed by atoms with Gasteiger partial charge in [-0.3, -0.25) is 0 Å². The third kappa shape index (κ3) is 2.16. The lowest BCUT2D eigenvalue weighted by molar-refractivity contribution is 0.0697. The molecule has 5 nitrogen and oxygen atoms in total. The van der Waals surface area contributed by atoms with Gasteiger partial charge in [-0.2, -0.15) is 0 Å². The quantitative estimate of drug-likeness (QED) is 0.855. The molecular formula is C14H15NO4. The summed E-state index contributed by atoms with van der Waals surface area (Å²) < 4.78 is 5.00. The first-order valence-electron chi connectivity index (χ1n) is 6.36. The van der Waals surface area contributed by atoms with E-state index in [-0.39, 0.29) is 11.6 Å². The summed E-state index contributed by atoms with van der Waals surface area (Å²) in [5, 5.41) is 11.8. The average Bonchev–Trinajstić information content (AvgIpc) is 2.97. The molecule has 2 N–H and O–H groups in total. The maximum Gasteiger partial charge on any atom is 0.407 e. The van der Waals surface area contributed by atoms with E-state index in [0.29, 0.717) is 18.1 Å². The number of carbonyl (C=O) groups excluding carboxylic acids is 1. The number of carbonyl (C=O) groups is 2. The van der Waals surface area contributed by atoms with Gasteiger partial charge in [0.1, 0.15) is 6.61 Å². The molecule has 3 rings (SSSR count). The Kier molecular flexibility index (Phi) is 2.69. The fourth-order valence-electron chi connectivity index (χ4n) is 3.05. The number of amides is 1. The zero-order chi connectivity index (χ0) is 13.5. The molecule has 2 aliphatic rings. The first kappa shape index (κ1) is 12.0. The van der Waals surface area contributed by atoms with E-state index in [9.17, 15) is 9.59 Å². The fourth-order valence-corrected chi connectivity index (χ4v) is 3.05. The third-order valence-electron chi connectivity index (χ3n) is 4.08. The molecule has 1 aliphatic carbocycles. The maximum absolute atomic E-state index is 11.2. The molecule has 1 saturated heterocycles. The van der Waals surface area contributed by atoms with Crippen LogP contribution < -0.4 is 5.32 Å². The summed E-state index contributed by atoms with van der Waals surface area (Å²) in [6, 6.07) is 6.99. The van der Waals surface area contributed by atoms with Crippen molar-refractivity contribution in [1.82, 2.24) is 5.32 Å². The summed E-state index contributed by atoms with van der Waals surface area (Å²) in [6.07, 6.45) is 2.41. The Labute approximate surface area is 110 Å². The topological polar surface area (TPSA) is 75.6 Å². The van der Waals surface area contributed by atoms with E-state index in [4.69, 9.17) is 9.84 Å². The molecule has 1 aliphatic heterocycles. The van der Waals surface area contributed by atoms with E-state index in [1.807, 2.05) is 12.1 Å². The van der Waals surface area contributed by atoms with Crippen LogP contribution in [0.25, 0.3) is 0 Å². The molecule has 0 aromatic heterocycles. The lowest BCUT2D eigenvalue weighted by Crippen LogP contribution is -2.40. The van der Waals surface area contributed by atoms with E-state index < -0.39 is 5.97 Å². The van der Waals surface area contributed by atoms with Crippen molar-refractivity contribution >= 4 is 12.1 Å². The highest BCUT2D eigenvalue weighted by atomic mass is 16.6. The van der Waals surface area contributed by atoms with Crippen LogP contribution in [0.3, 0.4) is 0 Å². The summed E-state index contributed by atoms with van der Waals surface area (Å²) in [7, 11) is 0. The molecule has 1 aromatic carbocycles. The minimum atomic E-state index is -0.911. The van der Waals surface area contributed by atoms with Gasteiger partial charge in [0.05, 0.1) is 11.1 Å². The third-order valence-corrected chi connectivity index (χ3v) is 4.08. The van der Waals surface area contributed by atoms with Crippen molar-refractivity contribution in [3.63, 3.8) is 0 Å². The Bertz CT molecular complexity index is 525. The van der Waals surface area contributed by atoms with E-state index >= 15 is 0 Å². The van der Waals surface area contributed by atoms with Crippen LogP contribution in [0, 0.1) is 0 Å². The number of cyclic esters (lactones) is 1. The van der Waals surface area contributed by atoms with Crippen molar-refractivity contribution in [2.24, 2.45) is 0 Å². The molecule has 2 fully saturated rings. The molecule has 19 heavy (non-hydrogen) atoms. The number of hydrogen-bond donors (Lipinski definition) is 2. The van der Waals surface area contributed by atoms with Crippen molar-refractivity contribution in [1.29, 1.82) is 0 Å². The number of rotatable bonds is 2. The van der Waals surface area contributed by atoms with Gasteiger partial charge >= 0.3 is 12.1 Å². The second-order valence-corrected chi connectivity index (χ2v) is 5.35. The lowest BCUT2D eigenvalue weighted by Gasteiger charge is -2.20. The number of carboxylic acids is 1. The van der Waals surface area contributed by atoms with Crippen LogP contribution in [0.1, 0.15) is 41.1 Å². The SMILES string of the molecule is O=C1N[C@@]2(CC[C@H](c3ccc(C(=O)O)cc3)C2)CO1. The number of nitrogens with one attached hydrogen (secondary N) is 1. The Morgan fingerprint density at radius 2 is 2.11 bits per heavy atom. The van der Waals surface area contributed by atoms with Gasteiger partial charge in [-0.05, 0) is 42.9 Å². The number of carboxylic acid groups (broad SMARTS) is 1. The summed E-state index contributed by atoms with van der Waals surface area (Å²) >= 11 is 0. The highest BCUT2D eigenvalue weighted by Gasteiger charge is 2.45. The standard InChI is InChI=1S/C14H15NO4/c16-12(17)10-3-1-9(2-4-10)11-5-6-14(7-11)8-19-13(18)15-14/h1-4,11H,5-8H2,(H,15,18)(H,16,17)/t11-,14+/m0/s1. The molecular weight excluding hydrogens is 246 g/mol. The monoisotopic (exact) mass is 261 g/mol. The molecule has 100 valence electrons. The van der Waals surface area contributed by atoms with Crippen molar-refractivity contribution < 1.29 is 19.4 Å². The molecule has 2 atom stereocenters. The average molecular weight is 261 g/mol. The Morgan fingerprint density at radius 1 is 1.37 bits per heavy atom. The second-order valence-electron chi connectivity index (χ2n) is 5.35. The maximum atomic E-state index is 11.2. The van der Waals surface area contributed by atoms with Gasteiger partial charge in [-0.1, -0.05) is 12.1 Å². The van der Waals surface area contributed by atoms with E-state index in [0.717, 1.165) is 24.8 Å². The fraction of sp³-hybridized carbons (Fsp3) is 0.429. The summed E-state index contributed by atoms with van der Waals surface area (Å²) in [4.78, 5) is 22.0. The van der Waals surface area contributed by atoms with Gasteiger partial charge in [0.15, 0.2) is 0 Å². The zero-order valence-electron chi connectivity index (χ0n) is 10.4. The molecule has 1 saturated carbocycles. The molecule has 0 bridgehead atoms. The highest BCUT2D eigenvalue weighted by molar-refractivity contribution is 5.87. The molecule has 5 heteroatoms. The van der Waals surface area contributed by atoms with Crippen molar-refractivity contribution in [2.45, 2.75) is 30.7 Å². The first-order chi connectivity index (χ1) is 9.08. The molecule has 1 heterocycles. The summed E-state index contributed by atoms with van der Waals surface area (Å²) in [5.41, 5.74) is 1.21. The van der Waals surface area contributed by atoms with Gasteiger partial charge in [0, 0.05) is 0 Å². The van der Waals surface area contributed by atoms with E-state index in [1.54, 1.807) is 12.1 Å². The van der Waals surface area contributed by atoms with Crippen LogP contribution >= 0.6 is 0 Å². The van der Waals surface area contributed by atoms with Gasteiger partial charge in [0.2, 0.25) is 0 Å². The minimum Gasteiger partial charge on any atom is -0.478 e. The Morgan fingerprint density at radius 3 is 2.68 bits per heavy atom. The highest BCUT2D eigenvalue weighted by Crippen LogP contribution is 2.42. The molecule has 1 aromatic rings. The number of alkyl carbamates (subject to hydrolysis) is 1. The normalized spacial score (nSPS) is 29.3. The smallest absolute Gasteiger partial charge is 0.407 e. The van der Waals surface area contributed by atoms with Crippen LogP contribution in [-0.2, 0) is 4.74 Å². The second kappa shape index (κ2) is 4.26. The minimum absolute atomic E-state index is 0.215.